The number of furan rings is 2. The average molecular weight is 579 g/mol. The molecule has 10 rings (SSSR count). The van der Waals surface area contributed by atoms with Crippen molar-refractivity contribution in [2.45, 2.75) is 19.3 Å². The first kappa shape index (κ1) is 24.7. The van der Waals surface area contributed by atoms with E-state index in [2.05, 4.69) is 98.8 Å². The zero-order valence-corrected chi connectivity index (χ0v) is 24.8. The van der Waals surface area contributed by atoms with E-state index in [4.69, 9.17) is 18.8 Å². The second kappa shape index (κ2) is 8.67. The summed E-state index contributed by atoms with van der Waals surface area (Å²) < 4.78 is 12.9. The lowest BCUT2D eigenvalue weighted by Gasteiger charge is -2.21. The van der Waals surface area contributed by atoms with Crippen molar-refractivity contribution < 1.29 is 8.83 Å². The molecule has 0 saturated heterocycles. The first-order chi connectivity index (χ1) is 22.1. The predicted molar refractivity (Wildman–Crippen MR) is 183 cm³/mol. The monoisotopic (exact) mass is 578 g/mol. The maximum Gasteiger partial charge on any atom is 0.160 e. The summed E-state index contributed by atoms with van der Waals surface area (Å²) in [6, 6.07) is 42.1. The Kier molecular flexibility index (Phi) is 4.76. The van der Waals surface area contributed by atoms with Crippen LogP contribution in [-0.2, 0) is 5.41 Å². The van der Waals surface area contributed by atoms with Crippen LogP contribution in [0.5, 0.6) is 0 Å². The zero-order chi connectivity index (χ0) is 29.9. The van der Waals surface area contributed by atoms with E-state index in [0.29, 0.717) is 5.82 Å². The lowest BCUT2D eigenvalue weighted by atomic mass is 9.82. The van der Waals surface area contributed by atoms with Crippen LogP contribution in [0.4, 0.5) is 0 Å². The van der Waals surface area contributed by atoms with Gasteiger partial charge in [-0.25, -0.2) is 9.97 Å². The summed E-state index contributed by atoms with van der Waals surface area (Å²) in [4.78, 5) is 10.3. The van der Waals surface area contributed by atoms with Gasteiger partial charge in [0.25, 0.3) is 0 Å². The van der Waals surface area contributed by atoms with Gasteiger partial charge in [0, 0.05) is 49.0 Å². The van der Waals surface area contributed by atoms with Crippen molar-refractivity contribution in [3.8, 4) is 33.8 Å². The lowest BCUT2D eigenvalue weighted by Crippen LogP contribution is -2.15. The third-order valence-corrected chi connectivity index (χ3v) is 9.67. The van der Waals surface area contributed by atoms with Gasteiger partial charge in [-0.1, -0.05) is 92.7 Å². The number of para-hydroxylation sites is 2. The van der Waals surface area contributed by atoms with Gasteiger partial charge in [-0.15, -0.1) is 0 Å². The molecule has 45 heavy (non-hydrogen) atoms. The molecule has 0 aliphatic heterocycles. The molecule has 0 N–H and O–H groups in total. The minimum absolute atomic E-state index is 0.156. The Morgan fingerprint density at radius 3 is 2.22 bits per heavy atom. The largest absolute Gasteiger partial charge is 0.456 e. The SMILES string of the molecule is CC1(C)c2ccccc2-c2ccc3c(oc4ccc(-c5nc(-c6cccc7oc8ccccc8c67)c6ccccc6n5)cc43)c21. The minimum Gasteiger partial charge on any atom is -0.456 e. The third kappa shape index (κ3) is 3.31. The van der Waals surface area contributed by atoms with Crippen molar-refractivity contribution in [1.29, 1.82) is 0 Å². The van der Waals surface area contributed by atoms with Crippen molar-refractivity contribution in [2.75, 3.05) is 0 Å². The zero-order valence-electron chi connectivity index (χ0n) is 24.8. The second-order valence-electron chi connectivity index (χ2n) is 12.5. The van der Waals surface area contributed by atoms with Gasteiger partial charge in [-0.3, -0.25) is 0 Å². The Morgan fingerprint density at radius 2 is 1.29 bits per heavy atom. The number of nitrogens with zero attached hydrogens (tertiary/aromatic N) is 2. The predicted octanol–water partition coefficient (Wildman–Crippen LogP) is 11.1. The van der Waals surface area contributed by atoms with Crippen LogP contribution in [0.25, 0.3) is 88.6 Å². The summed E-state index contributed by atoms with van der Waals surface area (Å²) in [5, 5.41) is 5.33. The summed E-state index contributed by atoms with van der Waals surface area (Å²) in [5.74, 6) is 0.679. The molecule has 3 aromatic heterocycles. The highest BCUT2D eigenvalue weighted by Gasteiger charge is 2.38. The molecule has 0 radical (unpaired) electrons. The Balaban J connectivity index is 1.21. The average Bonchev–Trinajstić information content (AvgIpc) is 3.72. The van der Waals surface area contributed by atoms with E-state index < -0.39 is 0 Å². The van der Waals surface area contributed by atoms with Gasteiger partial charge in [-0.2, -0.15) is 0 Å². The van der Waals surface area contributed by atoms with Crippen molar-refractivity contribution >= 4 is 54.8 Å². The Labute approximate surface area is 258 Å². The number of fused-ring (bicyclic) bond motifs is 11. The Bertz CT molecular complexity index is 2690. The molecule has 0 saturated carbocycles. The summed E-state index contributed by atoms with van der Waals surface area (Å²) in [6.45, 7) is 4.59. The van der Waals surface area contributed by atoms with Crippen LogP contribution in [0, 0.1) is 0 Å². The van der Waals surface area contributed by atoms with E-state index in [-0.39, 0.29) is 5.41 Å². The van der Waals surface area contributed by atoms with E-state index in [1.807, 2.05) is 36.4 Å². The fourth-order valence-electron chi connectivity index (χ4n) is 7.60. The maximum absolute atomic E-state index is 6.65. The van der Waals surface area contributed by atoms with E-state index >= 15 is 0 Å². The summed E-state index contributed by atoms with van der Waals surface area (Å²) >= 11 is 0. The number of hydrogen-bond donors (Lipinski definition) is 0. The van der Waals surface area contributed by atoms with E-state index in [0.717, 1.165) is 71.6 Å². The molecular formula is C41H26N2O2. The van der Waals surface area contributed by atoms with Crippen molar-refractivity contribution in [2.24, 2.45) is 0 Å². The van der Waals surface area contributed by atoms with Gasteiger partial charge in [-0.05, 0) is 59.2 Å². The fraction of sp³-hybridized carbons (Fsp3) is 0.0732. The van der Waals surface area contributed by atoms with Crippen LogP contribution < -0.4 is 0 Å². The highest BCUT2D eigenvalue weighted by Crippen LogP contribution is 2.52. The van der Waals surface area contributed by atoms with Gasteiger partial charge >= 0.3 is 0 Å². The fourth-order valence-corrected chi connectivity index (χ4v) is 7.60. The smallest absolute Gasteiger partial charge is 0.160 e. The molecule has 0 unspecified atom stereocenters. The quantitative estimate of drug-likeness (QED) is 0.205. The first-order valence-corrected chi connectivity index (χ1v) is 15.3. The molecule has 3 heterocycles. The van der Waals surface area contributed by atoms with Gasteiger partial charge in [0.2, 0.25) is 0 Å². The topological polar surface area (TPSA) is 52.1 Å². The van der Waals surface area contributed by atoms with Gasteiger partial charge in [0.15, 0.2) is 5.82 Å². The molecule has 4 heteroatoms. The number of hydrogen-bond acceptors (Lipinski definition) is 4. The lowest BCUT2D eigenvalue weighted by molar-refractivity contribution is 0.620. The van der Waals surface area contributed by atoms with Crippen molar-refractivity contribution in [3.63, 3.8) is 0 Å². The van der Waals surface area contributed by atoms with E-state index in [1.54, 1.807) is 0 Å². The van der Waals surface area contributed by atoms with Gasteiger partial charge in [0.1, 0.15) is 22.3 Å². The number of benzene rings is 6. The number of aromatic nitrogens is 2. The van der Waals surface area contributed by atoms with E-state index in [1.165, 1.54) is 22.3 Å². The molecule has 0 amide bonds. The normalized spacial score (nSPS) is 13.7. The molecule has 6 aromatic carbocycles. The molecule has 0 fully saturated rings. The molecule has 1 aliphatic carbocycles. The van der Waals surface area contributed by atoms with E-state index in [9.17, 15) is 0 Å². The molecule has 0 atom stereocenters. The Hall–Kier alpha value is -5.74. The molecule has 4 nitrogen and oxygen atoms in total. The molecule has 1 aliphatic rings. The van der Waals surface area contributed by atoms with Gasteiger partial charge < -0.3 is 8.83 Å². The number of rotatable bonds is 2. The summed E-state index contributed by atoms with van der Waals surface area (Å²) in [5.41, 5.74) is 12.3. The van der Waals surface area contributed by atoms with Crippen molar-refractivity contribution in [3.05, 3.63) is 132 Å². The molecule has 212 valence electrons. The van der Waals surface area contributed by atoms with Crippen LogP contribution in [0.3, 0.4) is 0 Å². The second-order valence-corrected chi connectivity index (χ2v) is 12.5. The van der Waals surface area contributed by atoms with Crippen LogP contribution in [-0.4, -0.2) is 9.97 Å². The summed E-state index contributed by atoms with van der Waals surface area (Å²) in [6.07, 6.45) is 0. The molecule has 0 bridgehead atoms. The van der Waals surface area contributed by atoms with Gasteiger partial charge in [0.05, 0.1) is 11.2 Å². The highest BCUT2D eigenvalue weighted by molar-refractivity contribution is 6.15. The van der Waals surface area contributed by atoms with Crippen molar-refractivity contribution in [1.82, 2.24) is 9.97 Å². The van der Waals surface area contributed by atoms with Crippen LogP contribution in [0.1, 0.15) is 25.0 Å². The first-order valence-electron chi connectivity index (χ1n) is 15.3. The standard InChI is InChI=1S/C41H26N2O2/c1-41(2)31-14-6-3-10-24(31)25-19-20-26-30-22-23(18-21-34(30)45-39(26)37(25)41)40-42-32-15-7-4-11-27(32)38(43-40)29-13-9-17-35-36(29)28-12-5-8-16-33(28)44-35/h3-22H,1-2H3. The molecule has 9 aromatic rings. The molecule has 0 spiro atoms. The summed E-state index contributed by atoms with van der Waals surface area (Å²) in [7, 11) is 0. The third-order valence-electron chi connectivity index (χ3n) is 9.67. The van der Waals surface area contributed by atoms with Crippen LogP contribution in [0.2, 0.25) is 0 Å². The highest BCUT2D eigenvalue weighted by atomic mass is 16.3. The molecular weight excluding hydrogens is 552 g/mol. The van der Waals surface area contributed by atoms with Crippen LogP contribution in [0.15, 0.2) is 130 Å². The van der Waals surface area contributed by atoms with Crippen LogP contribution >= 0.6 is 0 Å². The maximum atomic E-state index is 6.65. The minimum atomic E-state index is -0.156. The Morgan fingerprint density at radius 1 is 0.533 bits per heavy atom.